The highest BCUT2D eigenvalue weighted by Gasteiger charge is 2.12. The Labute approximate surface area is 103 Å². The van der Waals surface area contributed by atoms with Gasteiger partial charge in [-0.1, -0.05) is 6.92 Å². The number of aromatic nitrogens is 2. The van der Waals surface area contributed by atoms with E-state index in [1.54, 1.807) is 0 Å². The largest absolute Gasteiger partial charge is 0.394 e. The van der Waals surface area contributed by atoms with Gasteiger partial charge >= 0.3 is 0 Å². The van der Waals surface area contributed by atoms with Crippen molar-refractivity contribution in [2.45, 2.75) is 33.2 Å². The van der Waals surface area contributed by atoms with E-state index in [4.69, 9.17) is 5.11 Å². The van der Waals surface area contributed by atoms with E-state index < -0.39 is 0 Å². The summed E-state index contributed by atoms with van der Waals surface area (Å²) >= 11 is 0. The second kappa shape index (κ2) is 6.39. The van der Waals surface area contributed by atoms with Crippen molar-refractivity contribution in [3.63, 3.8) is 0 Å². The lowest BCUT2D eigenvalue weighted by Crippen LogP contribution is -2.32. The van der Waals surface area contributed by atoms with Crippen molar-refractivity contribution in [2.75, 3.05) is 30.4 Å². The van der Waals surface area contributed by atoms with Gasteiger partial charge in [-0.25, -0.2) is 9.97 Å². The van der Waals surface area contributed by atoms with Crippen LogP contribution in [0, 0.1) is 0 Å². The van der Waals surface area contributed by atoms with Crippen molar-refractivity contribution in [2.24, 2.45) is 0 Å². The molecule has 0 bridgehead atoms. The van der Waals surface area contributed by atoms with E-state index in [9.17, 15) is 0 Å². The van der Waals surface area contributed by atoms with Crippen LogP contribution in [0.5, 0.6) is 0 Å². The molecule has 1 aromatic rings. The number of anilines is 2. The number of nitrogens with zero attached hydrogens (tertiary/aromatic N) is 3. The summed E-state index contributed by atoms with van der Waals surface area (Å²) in [6, 6.07) is 1.96. The molecule has 5 nitrogen and oxygen atoms in total. The van der Waals surface area contributed by atoms with E-state index >= 15 is 0 Å². The minimum atomic E-state index is 0.0454. The van der Waals surface area contributed by atoms with Crippen LogP contribution in [0.15, 0.2) is 6.07 Å². The Bertz CT molecular complexity index is 356. The summed E-state index contributed by atoms with van der Waals surface area (Å²) in [5.74, 6) is 2.50. The first-order valence-corrected chi connectivity index (χ1v) is 6.07. The molecule has 96 valence electrons. The summed E-state index contributed by atoms with van der Waals surface area (Å²) < 4.78 is 0. The average molecular weight is 238 g/mol. The molecule has 0 saturated heterocycles. The Morgan fingerprint density at radius 2 is 2.12 bits per heavy atom. The van der Waals surface area contributed by atoms with E-state index in [2.05, 4.69) is 15.3 Å². The lowest BCUT2D eigenvalue weighted by atomic mass is 10.3. The van der Waals surface area contributed by atoms with Gasteiger partial charge in [-0.15, -0.1) is 0 Å². The molecular formula is C12H22N4O. The predicted octanol–water partition coefficient (Wildman–Crippen LogP) is 1.29. The van der Waals surface area contributed by atoms with Gasteiger partial charge in [0.2, 0.25) is 0 Å². The Morgan fingerprint density at radius 3 is 2.65 bits per heavy atom. The van der Waals surface area contributed by atoms with Crippen LogP contribution in [0.25, 0.3) is 0 Å². The topological polar surface area (TPSA) is 61.3 Å². The number of aryl methyl sites for hydroxylation is 1. The summed E-state index contributed by atoms with van der Waals surface area (Å²) in [5, 5.41) is 12.4. The number of rotatable bonds is 6. The zero-order valence-electron chi connectivity index (χ0n) is 11.1. The van der Waals surface area contributed by atoms with E-state index in [1.165, 1.54) is 0 Å². The van der Waals surface area contributed by atoms with Gasteiger partial charge in [-0.2, -0.15) is 0 Å². The molecule has 1 aromatic heterocycles. The standard InChI is InChI=1S/C12H22N4O/c1-5-10-14-11(13-6-2)7-12(15-10)16(4)9(3)8-17/h7,9,17H,5-6,8H2,1-4H3,(H,13,14,15). The normalized spacial score (nSPS) is 12.3. The van der Waals surface area contributed by atoms with Gasteiger partial charge < -0.3 is 15.3 Å². The van der Waals surface area contributed by atoms with Crippen LogP contribution in [0.4, 0.5) is 11.6 Å². The highest BCUT2D eigenvalue weighted by molar-refractivity contribution is 5.49. The fourth-order valence-electron chi connectivity index (χ4n) is 1.44. The first kappa shape index (κ1) is 13.7. The van der Waals surface area contributed by atoms with Crippen molar-refractivity contribution in [1.29, 1.82) is 0 Å². The third kappa shape index (κ3) is 3.56. The second-order valence-electron chi connectivity index (χ2n) is 4.05. The molecular weight excluding hydrogens is 216 g/mol. The predicted molar refractivity (Wildman–Crippen MR) is 70.5 cm³/mol. The molecule has 0 spiro atoms. The lowest BCUT2D eigenvalue weighted by molar-refractivity contribution is 0.269. The second-order valence-corrected chi connectivity index (χ2v) is 4.05. The van der Waals surface area contributed by atoms with Crippen LogP contribution in [0.1, 0.15) is 26.6 Å². The van der Waals surface area contributed by atoms with E-state index in [-0.39, 0.29) is 12.6 Å². The van der Waals surface area contributed by atoms with Crippen LogP contribution < -0.4 is 10.2 Å². The first-order valence-electron chi connectivity index (χ1n) is 6.07. The molecule has 1 rings (SSSR count). The molecule has 0 aliphatic heterocycles. The zero-order valence-corrected chi connectivity index (χ0v) is 11.1. The number of likely N-dealkylation sites (N-methyl/N-ethyl adjacent to an activating group) is 1. The molecule has 0 fully saturated rings. The minimum Gasteiger partial charge on any atom is -0.394 e. The van der Waals surface area contributed by atoms with E-state index in [1.807, 2.05) is 38.8 Å². The fraction of sp³-hybridized carbons (Fsp3) is 0.667. The van der Waals surface area contributed by atoms with Gasteiger partial charge in [0.25, 0.3) is 0 Å². The smallest absolute Gasteiger partial charge is 0.134 e. The molecule has 0 aliphatic rings. The Morgan fingerprint density at radius 1 is 1.41 bits per heavy atom. The molecule has 5 heteroatoms. The van der Waals surface area contributed by atoms with Gasteiger partial charge in [-0.3, -0.25) is 0 Å². The number of hydrogen-bond donors (Lipinski definition) is 2. The molecule has 2 N–H and O–H groups in total. The van der Waals surface area contributed by atoms with Crippen LogP contribution in [-0.4, -0.2) is 41.3 Å². The van der Waals surface area contributed by atoms with Gasteiger partial charge in [0, 0.05) is 26.1 Å². The first-order chi connectivity index (χ1) is 8.12. The van der Waals surface area contributed by atoms with Crippen molar-refractivity contribution >= 4 is 11.6 Å². The minimum absolute atomic E-state index is 0.0454. The molecule has 1 atom stereocenters. The van der Waals surface area contributed by atoms with Crippen LogP contribution in [0.3, 0.4) is 0 Å². The Kier molecular flexibility index (Phi) is 5.15. The van der Waals surface area contributed by atoms with Crippen LogP contribution >= 0.6 is 0 Å². The highest BCUT2D eigenvalue weighted by atomic mass is 16.3. The Balaban J connectivity index is 3.01. The third-order valence-electron chi connectivity index (χ3n) is 2.72. The molecule has 0 radical (unpaired) electrons. The highest BCUT2D eigenvalue weighted by Crippen LogP contribution is 2.17. The van der Waals surface area contributed by atoms with Crippen molar-refractivity contribution in [3.05, 3.63) is 11.9 Å². The number of aliphatic hydroxyl groups excluding tert-OH is 1. The molecule has 1 heterocycles. The molecule has 0 saturated carbocycles. The lowest BCUT2D eigenvalue weighted by Gasteiger charge is -2.25. The summed E-state index contributed by atoms with van der Waals surface area (Å²) in [6.07, 6.45) is 0.799. The summed E-state index contributed by atoms with van der Waals surface area (Å²) in [7, 11) is 1.93. The molecule has 1 unspecified atom stereocenters. The fourth-order valence-corrected chi connectivity index (χ4v) is 1.44. The number of nitrogens with one attached hydrogen (secondary N) is 1. The van der Waals surface area contributed by atoms with Gasteiger partial charge in [0.05, 0.1) is 12.6 Å². The third-order valence-corrected chi connectivity index (χ3v) is 2.72. The maximum Gasteiger partial charge on any atom is 0.134 e. The molecule has 17 heavy (non-hydrogen) atoms. The van der Waals surface area contributed by atoms with E-state index in [0.717, 1.165) is 30.4 Å². The monoisotopic (exact) mass is 238 g/mol. The van der Waals surface area contributed by atoms with Gasteiger partial charge in [0.15, 0.2) is 0 Å². The van der Waals surface area contributed by atoms with Gasteiger partial charge in [-0.05, 0) is 13.8 Å². The van der Waals surface area contributed by atoms with Crippen molar-refractivity contribution in [3.8, 4) is 0 Å². The average Bonchev–Trinajstić information content (AvgIpc) is 2.36. The van der Waals surface area contributed by atoms with Crippen molar-refractivity contribution < 1.29 is 5.11 Å². The Hall–Kier alpha value is -1.36. The molecule has 0 aliphatic carbocycles. The van der Waals surface area contributed by atoms with E-state index in [0.29, 0.717) is 0 Å². The van der Waals surface area contributed by atoms with Gasteiger partial charge in [0.1, 0.15) is 17.5 Å². The maximum atomic E-state index is 9.16. The number of hydrogen-bond acceptors (Lipinski definition) is 5. The SMILES string of the molecule is CCNc1cc(N(C)C(C)CO)nc(CC)n1. The summed E-state index contributed by atoms with van der Waals surface area (Å²) in [5.41, 5.74) is 0. The maximum absolute atomic E-state index is 9.16. The summed E-state index contributed by atoms with van der Waals surface area (Å²) in [4.78, 5) is 10.8. The quantitative estimate of drug-likeness (QED) is 0.782. The van der Waals surface area contributed by atoms with Crippen LogP contribution in [-0.2, 0) is 6.42 Å². The molecule has 0 amide bonds. The zero-order chi connectivity index (χ0) is 12.8. The van der Waals surface area contributed by atoms with Crippen LogP contribution in [0.2, 0.25) is 0 Å². The number of aliphatic hydroxyl groups is 1. The van der Waals surface area contributed by atoms with Crippen molar-refractivity contribution in [1.82, 2.24) is 9.97 Å². The molecule has 0 aromatic carbocycles. The summed E-state index contributed by atoms with van der Waals surface area (Å²) in [6.45, 7) is 6.97.